The van der Waals surface area contributed by atoms with E-state index in [0.29, 0.717) is 19.4 Å². The van der Waals surface area contributed by atoms with Crippen molar-refractivity contribution in [1.29, 1.82) is 0 Å². The maximum atomic E-state index is 12.5. The number of carbonyl (C=O) groups is 2. The van der Waals surface area contributed by atoms with Gasteiger partial charge in [0.1, 0.15) is 0 Å². The molecule has 3 N–H and O–H groups in total. The highest BCUT2D eigenvalue weighted by Crippen LogP contribution is 2.20. The monoisotopic (exact) mass is 1180 g/mol. The maximum absolute atomic E-state index is 12.5. The molecule has 2 unspecified atom stereocenters. The average Bonchev–Trinajstić information content (AvgIpc) is 3.52. The van der Waals surface area contributed by atoms with E-state index in [4.69, 9.17) is 4.74 Å². The molecular weight excluding hydrogens is 1030 g/mol. The molecule has 84 heavy (non-hydrogen) atoms. The lowest BCUT2D eigenvalue weighted by molar-refractivity contribution is -0.143. The molecule has 0 aromatic heterocycles. The summed E-state index contributed by atoms with van der Waals surface area (Å²) in [5.74, 6) is -0.0452. The van der Waals surface area contributed by atoms with E-state index in [1.165, 1.54) is 366 Å². The van der Waals surface area contributed by atoms with E-state index < -0.39 is 12.1 Å². The molecule has 0 saturated heterocycles. The minimum absolute atomic E-state index is 0.0129. The molecule has 0 aliphatic carbocycles. The average molecular weight is 1180 g/mol. The van der Waals surface area contributed by atoms with Crippen molar-refractivity contribution in [3.8, 4) is 0 Å². The summed E-state index contributed by atoms with van der Waals surface area (Å²) in [6, 6.07) is -0.624. The van der Waals surface area contributed by atoms with E-state index in [1.54, 1.807) is 6.08 Å². The molecule has 498 valence electrons. The molecule has 0 radical (unpaired) electrons. The first-order chi connectivity index (χ1) is 41.5. The predicted molar refractivity (Wildman–Crippen MR) is 370 cm³/mol. The topological polar surface area (TPSA) is 95.9 Å². The van der Waals surface area contributed by atoms with Gasteiger partial charge >= 0.3 is 5.97 Å². The molecule has 6 heteroatoms. The van der Waals surface area contributed by atoms with Crippen LogP contribution in [0.3, 0.4) is 0 Å². The normalized spacial score (nSPS) is 12.6. The molecule has 0 spiro atoms. The quantitative estimate of drug-likeness (QED) is 0.0320. The zero-order valence-electron chi connectivity index (χ0n) is 57.2. The Balaban J connectivity index is 3.33. The van der Waals surface area contributed by atoms with Gasteiger partial charge in [-0.15, -0.1) is 0 Å². The number of rotatable bonds is 73. The van der Waals surface area contributed by atoms with Crippen LogP contribution in [-0.2, 0) is 14.3 Å². The Hall–Kier alpha value is -1.66. The first-order valence-electron chi connectivity index (χ1n) is 38.6. The van der Waals surface area contributed by atoms with E-state index in [-0.39, 0.29) is 18.5 Å². The van der Waals surface area contributed by atoms with Crippen molar-refractivity contribution in [2.75, 3.05) is 13.2 Å². The van der Waals surface area contributed by atoms with Crippen LogP contribution in [0.15, 0.2) is 24.3 Å². The SMILES string of the molecule is CCCCC/C=C\CCCCCCCC(=O)OCCCCCCCCCCCCCCCCCCCCCCCCCCCCCCCCCCCCCC(=O)NC(CO)C(O)/C=C/CCCCCCCCCCCCCCCCCCCC. The number of nitrogens with one attached hydrogen (secondary N) is 1. The highest BCUT2D eigenvalue weighted by atomic mass is 16.5. The van der Waals surface area contributed by atoms with E-state index in [0.717, 1.165) is 44.9 Å². The number of amides is 1. The summed E-state index contributed by atoms with van der Waals surface area (Å²) in [6.07, 6.45) is 94.4. The van der Waals surface area contributed by atoms with Gasteiger partial charge in [0, 0.05) is 12.8 Å². The van der Waals surface area contributed by atoms with Crippen molar-refractivity contribution in [3.05, 3.63) is 24.3 Å². The number of aliphatic hydroxyl groups excluding tert-OH is 2. The second-order valence-electron chi connectivity index (χ2n) is 26.7. The van der Waals surface area contributed by atoms with Crippen molar-refractivity contribution in [1.82, 2.24) is 5.32 Å². The fraction of sp³-hybridized carbons (Fsp3) is 0.923. The molecule has 0 heterocycles. The Morgan fingerprint density at radius 1 is 0.321 bits per heavy atom. The van der Waals surface area contributed by atoms with E-state index >= 15 is 0 Å². The molecule has 1 amide bonds. The van der Waals surface area contributed by atoms with Gasteiger partial charge in [-0.2, -0.15) is 0 Å². The van der Waals surface area contributed by atoms with Crippen LogP contribution in [0.25, 0.3) is 0 Å². The number of allylic oxidation sites excluding steroid dienone is 3. The van der Waals surface area contributed by atoms with Crippen LogP contribution in [0.5, 0.6) is 0 Å². The van der Waals surface area contributed by atoms with Crippen molar-refractivity contribution in [2.24, 2.45) is 0 Å². The fourth-order valence-electron chi connectivity index (χ4n) is 12.3. The Morgan fingerprint density at radius 2 is 0.560 bits per heavy atom. The molecule has 0 fully saturated rings. The molecule has 2 atom stereocenters. The van der Waals surface area contributed by atoms with Gasteiger partial charge < -0.3 is 20.3 Å². The van der Waals surface area contributed by atoms with Crippen LogP contribution in [0.1, 0.15) is 438 Å². The number of ether oxygens (including phenoxy) is 1. The van der Waals surface area contributed by atoms with Crippen LogP contribution >= 0.6 is 0 Å². The zero-order valence-corrected chi connectivity index (χ0v) is 57.2. The summed E-state index contributed by atoms with van der Waals surface area (Å²) in [5.41, 5.74) is 0. The highest BCUT2D eigenvalue weighted by Gasteiger charge is 2.18. The van der Waals surface area contributed by atoms with Crippen molar-refractivity contribution in [3.63, 3.8) is 0 Å². The summed E-state index contributed by atoms with van der Waals surface area (Å²) in [4.78, 5) is 24.6. The molecule has 0 aromatic carbocycles. The summed E-state index contributed by atoms with van der Waals surface area (Å²) in [5, 5.41) is 23.3. The number of unbranched alkanes of at least 4 members (excludes halogenated alkanes) is 60. The molecule has 0 rings (SSSR count). The third-order valence-electron chi connectivity index (χ3n) is 18.2. The number of hydrogen-bond donors (Lipinski definition) is 3. The van der Waals surface area contributed by atoms with Gasteiger partial charge in [-0.25, -0.2) is 0 Å². The molecule has 0 aliphatic heterocycles. The fourth-order valence-corrected chi connectivity index (χ4v) is 12.3. The third kappa shape index (κ3) is 69.4. The molecular formula is C78H151NO5. The van der Waals surface area contributed by atoms with Gasteiger partial charge in [0.2, 0.25) is 5.91 Å². The van der Waals surface area contributed by atoms with Gasteiger partial charge in [0.25, 0.3) is 0 Å². The minimum atomic E-state index is -0.841. The van der Waals surface area contributed by atoms with Gasteiger partial charge in [-0.05, 0) is 57.8 Å². The lowest BCUT2D eigenvalue weighted by atomic mass is 10.0. The van der Waals surface area contributed by atoms with E-state index in [1.807, 2.05) is 6.08 Å². The third-order valence-corrected chi connectivity index (χ3v) is 18.2. The van der Waals surface area contributed by atoms with Crippen LogP contribution in [-0.4, -0.2) is 47.4 Å². The van der Waals surface area contributed by atoms with Gasteiger partial charge in [0.05, 0.1) is 25.4 Å². The van der Waals surface area contributed by atoms with E-state index in [9.17, 15) is 19.8 Å². The number of carbonyl (C=O) groups excluding carboxylic acids is 2. The Morgan fingerprint density at radius 3 is 0.869 bits per heavy atom. The Kier molecular flexibility index (Phi) is 72.3. The molecule has 0 aromatic rings. The van der Waals surface area contributed by atoms with Crippen molar-refractivity contribution >= 4 is 11.9 Å². The lowest BCUT2D eigenvalue weighted by Crippen LogP contribution is -2.45. The Bertz CT molecular complexity index is 1320. The van der Waals surface area contributed by atoms with Gasteiger partial charge in [-0.1, -0.05) is 391 Å². The molecule has 0 saturated carbocycles. The van der Waals surface area contributed by atoms with Crippen molar-refractivity contribution < 1.29 is 24.5 Å². The number of esters is 1. The second-order valence-corrected chi connectivity index (χ2v) is 26.7. The largest absolute Gasteiger partial charge is 0.466 e. The summed E-state index contributed by atoms with van der Waals surface area (Å²) in [7, 11) is 0. The van der Waals surface area contributed by atoms with Gasteiger partial charge in [0.15, 0.2) is 0 Å². The smallest absolute Gasteiger partial charge is 0.305 e. The first-order valence-corrected chi connectivity index (χ1v) is 38.6. The molecule has 0 aliphatic rings. The minimum Gasteiger partial charge on any atom is -0.466 e. The standard InChI is InChI=1S/C78H151NO5/c1-3-5-7-9-11-13-15-17-18-19-20-38-41-44-47-50-54-58-62-66-70-76(81)75(74-80)79-77(82)71-67-63-59-55-51-48-45-42-39-36-34-32-30-28-26-24-22-21-23-25-27-29-31-33-35-37-40-43-46-49-53-57-61-65-69-73-84-78(83)72-68-64-60-56-52-16-14-12-10-8-6-4-2/h12,14,66,70,75-76,80-81H,3-11,13,15-65,67-69,71-74H2,1-2H3,(H,79,82)/b14-12-,70-66+. The zero-order chi connectivity index (χ0) is 60.6. The summed E-state index contributed by atoms with van der Waals surface area (Å²) in [6.45, 7) is 4.93. The first kappa shape index (κ1) is 82.3. The number of hydrogen-bond acceptors (Lipinski definition) is 5. The maximum Gasteiger partial charge on any atom is 0.305 e. The van der Waals surface area contributed by atoms with Gasteiger partial charge in [-0.3, -0.25) is 9.59 Å². The van der Waals surface area contributed by atoms with Crippen LogP contribution < -0.4 is 5.32 Å². The molecule has 0 bridgehead atoms. The summed E-state index contributed by atoms with van der Waals surface area (Å²) >= 11 is 0. The lowest BCUT2D eigenvalue weighted by Gasteiger charge is -2.20. The Labute approximate surface area is 526 Å². The van der Waals surface area contributed by atoms with Crippen LogP contribution in [0, 0.1) is 0 Å². The predicted octanol–water partition coefficient (Wildman–Crippen LogP) is 25.3. The van der Waals surface area contributed by atoms with Crippen LogP contribution in [0.4, 0.5) is 0 Å². The number of aliphatic hydroxyl groups is 2. The van der Waals surface area contributed by atoms with Crippen molar-refractivity contribution in [2.45, 2.75) is 450 Å². The highest BCUT2D eigenvalue weighted by molar-refractivity contribution is 5.76. The second kappa shape index (κ2) is 73.8. The molecule has 6 nitrogen and oxygen atoms in total. The van der Waals surface area contributed by atoms with Crippen LogP contribution in [0.2, 0.25) is 0 Å². The summed E-state index contributed by atoms with van der Waals surface area (Å²) < 4.78 is 5.48. The van der Waals surface area contributed by atoms with E-state index in [2.05, 4.69) is 31.3 Å².